The number of amides is 1. The number of hydrogen-bond acceptors (Lipinski definition) is 3. The molecule has 0 aliphatic heterocycles. The van der Waals surface area contributed by atoms with Crippen molar-refractivity contribution in [2.45, 2.75) is 19.8 Å². The van der Waals surface area contributed by atoms with Crippen LogP contribution in [-0.4, -0.2) is 37.8 Å². The van der Waals surface area contributed by atoms with Crippen LogP contribution in [0.3, 0.4) is 0 Å². The zero-order valence-corrected chi connectivity index (χ0v) is 15.9. The van der Waals surface area contributed by atoms with Crippen LogP contribution in [0.15, 0.2) is 48.5 Å². The molecule has 2 aromatic carbocycles. The molecule has 0 fully saturated rings. The first-order valence-corrected chi connectivity index (χ1v) is 8.55. The van der Waals surface area contributed by atoms with Crippen molar-refractivity contribution in [1.29, 1.82) is 0 Å². The number of carbonyl (C=O) groups excluding carboxylic acids is 2. The highest BCUT2D eigenvalue weighted by Crippen LogP contribution is 2.25. The van der Waals surface area contributed by atoms with Gasteiger partial charge >= 0.3 is 0 Å². The van der Waals surface area contributed by atoms with E-state index >= 15 is 0 Å². The number of hydrogen-bond donors (Lipinski definition) is 0. The summed E-state index contributed by atoms with van der Waals surface area (Å²) in [5.74, 6) is 0.913. The minimum Gasteiger partial charge on any atom is -0.496 e. The summed E-state index contributed by atoms with van der Waals surface area (Å²) in [5, 5.41) is 0. The fraction of sp³-hybridized carbons (Fsp3) is 0.273. The van der Waals surface area contributed by atoms with Crippen LogP contribution in [0.4, 0.5) is 0 Å². The molecular weight excluding hydrogens is 326 g/mol. The van der Waals surface area contributed by atoms with Gasteiger partial charge in [0.05, 0.1) is 7.11 Å². The highest BCUT2D eigenvalue weighted by Gasteiger charge is 2.10. The van der Waals surface area contributed by atoms with Crippen molar-refractivity contribution >= 4 is 17.8 Å². The molecule has 4 heteroatoms. The first kappa shape index (κ1) is 19.4. The van der Waals surface area contributed by atoms with Crippen molar-refractivity contribution in [2.24, 2.45) is 0 Å². The number of rotatable bonds is 6. The Morgan fingerprint density at radius 2 is 1.62 bits per heavy atom. The maximum Gasteiger partial charge on any atom is 0.253 e. The van der Waals surface area contributed by atoms with E-state index in [0.717, 1.165) is 11.3 Å². The molecule has 0 bridgehead atoms. The summed E-state index contributed by atoms with van der Waals surface area (Å²) in [4.78, 5) is 25.8. The average Bonchev–Trinajstić information content (AvgIpc) is 2.65. The van der Waals surface area contributed by atoms with Gasteiger partial charge in [-0.1, -0.05) is 32.0 Å². The predicted molar refractivity (Wildman–Crippen MR) is 105 cm³/mol. The molecule has 0 aromatic heterocycles. The second-order valence-corrected chi connectivity index (χ2v) is 6.63. The van der Waals surface area contributed by atoms with Crippen molar-refractivity contribution in [2.75, 3.05) is 21.2 Å². The normalized spacial score (nSPS) is 11.0. The molecule has 0 heterocycles. The third kappa shape index (κ3) is 4.60. The monoisotopic (exact) mass is 351 g/mol. The van der Waals surface area contributed by atoms with Gasteiger partial charge in [0.25, 0.3) is 5.91 Å². The standard InChI is InChI=1S/C22H25NO3/c1-15(2)18-11-13-21(26-5)19(14-18)10-12-20(24)16-6-8-17(9-7-16)22(25)23(3)4/h6-15H,1-5H3/b12-10+. The quantitative estimate of drug-likeness (QED) is 0.572. The molecule has 0 saturated heterocycles. The number of ether oxygens (including phenoxy) is 1. The minimum absolute atomic E-state index is 0.0882. The molecule has 4 nitrogen and oxygen atoms in total. The van der Waals surface area contributed by atoms with Crippen LogP contribution in [0.5, 0.6) is 5.75 Å². The summed E-state index contributed by atoms with van der Waals surface area (Å²) in [5.41, 5.74) is 3.15. The van der Waals surface area contributed by atoms with Gasteiger partial charge in [-0.2, -0.15) is 0 Å². The molecule has 2 aromatic rings. The van der Waals surface area contributed by atoms with E-state index in [1.165, 1.54) is 16.5 Å². The molecule has 0 radical (unpaired) electrons. The molecule has 0 unspecified atom stereocenters. The van der Waals surface area contributed by atoms with Crippen LogP contribution in [-0.2, 0) is 0 Å². The van der Waals surface area contributed by atoms with Crippen LogP contribution in [0.25, 0.3) is 6.08 Å². The van der Waals surface area contributed by atoms with Gasteiger partial charge in [-0.05, 0) is 47.9 Å². The lowest BCUT2D eigenvalue weighted by Gasteiger charge is -2.10. The topological polar surface area (TPSA) is 46.6 Å². The summed E-state index contributed by atoms with van der Waals surface area (Å²) in [7, 11) is 5.01. The Hall–Kier alpha value is -2.88. The molecule has 2 rings (SSSR count). The van der Waals surface area contributed by atoms with Crippen LogP contribution in [0, 0.1) is 0 Å². The molecule has 26 heavy (non-hydrogen) atoms. The highest BCUT2D eigenvalue weighted by atomic mass is 16.5. The van der Waals surface area contributed by atoms with E-state index in [-0.39, 0.29) is 11.7 Å². The lowest BCUT2D eigenvalue weighted by atomic mass is 9.99. The Kier molecular flexibility index (Phi) is 6.34. The Labute approximate surface area is 155 Å². The molecule has 0 spiro atoms. The van der Waals surface area contributed by atoms with E-state index in [0.29, 0.717) is 17.0 Å². The zero-order valence-electron chi connectivity index (χ0n) is 15.9. The smallest absolute Gasteiger partial charge is 0.253 e. The highest BCUT2D eigenvalue weighted by molar-refractivity contribution is 6.07. The van der Waals surface area contributed by atoms with Crippen molar-refractivity contribution in [3.8, 4) is 5.75 Å². The maximum atomic E-state index is 12.4. The van der Waals surface area contributed by atoms with Gasteiger partial charge in [0.1, 0.15) is 5.75 Å². The Morgan fingerprint density at radius 3 is 2.15 bits per heavy atom. The molecule has 0 aliphatic rings. The molecular formula is C22H25NO3. The van der Waals surface area contributed by atoms with Crippen molar-refractivity contribution in [3.05, 3.63) is 70.8 Å². The Bertz CT molecular complexity index is 818. The average molecular weight is 351 g/mol. The number of nitrogens with zero attached hydrogens (tertiary/aromatic N) is 1. The van der Waals surface area contributed by atoms with Gasteiger partial charge in [-0.3, -0.25) is 9.59 Å². The molecule has 0 saturated carbocycles. The third-order valence-electron chi connectivity index (χ3n) is 4.16. The van der Waals surface area contributed by atoms with Gasteiger partial charge in [-0.15, -0.1) is 0 Å². The number of ketones is 1. The second-order valence-electron chi connectivity index (χ2n) is 6.63. The van der Waals surface area contributed by atoms with E-state index in [4.69, 9.17) is 4.74 Å². The Morgan fingerprint density at radius 1 is 1.00 bits per heavy atom. The van der Waals surface area contributed by atoms with E-state index in [1.54, 1.807) is 51.5 Å². The Balaban J connectivity index is 2.21. The first-order chi connectivity index (χ1) is 12.3. The van der Waals surface area contributed by atoms with E-state index in [9.17, 15) is 9.59 Å². The molecule has 0 atom stereocenters. The van der Waals surface area contributed by atoms with Gasteiger partial charge in [0.2, 0.25) is 0 Å². The van der Waals surface area contributed by atoms with Gasteiger partial charge in [-0.25, -0.2) is 0 Å². The van der Waals surface area contributed by atoms with Gasteiger partial charge < -0.3 is 9.64 Å². The van der Waals surface area contributed by atoms with E-state index in [1.807, 2.05) is 18.2 Å². The van der Waals surface area contributed by atoms with Crippen LogP contribution in [0.1, 0.15) is 51.6 Å². The van der Waals surface area contributed by atoms with Crippen LogP contribution < -0.4 is 4.74 Å². The molecule has 0 aliphatic carbocycles. The summed E-state index contributed by atoms with van der Waals surface area (Å²) < 4.78 is 5.38. The predicted octanol–water partition coefficient (Wildman–Crippen LogP) is 4.42. The summed E-state index contributed by atoms with van der Waals surface area (Å²) in [6.45, 7) is 4.24. The number of benzene rings is 2. The SMILES string of the molecule is COc1ccc(C(C)C)cc1/C=C/C(=O)c1ccc(C(=O)N(C)C)cc1. The van der Waals surface area contributed by atoms with E-state index in [2.05, 4.69) is 13.8 Å². The van der Waals surface area contributed by atoms with Crippen molar-refractivity contribution in [1.82, 2.24) is 4.90 Å². The second kappa shape index (κ2) is 8.48. The third-order valence-corrected chi connectivity index (χ3v) is 4.16. The summed E-state index contributed by atoms with van der Waals surface area (Å²) in [6.07, 6.45) is 3.30. The van der Waals surface area contributed by atoms with Crippen LogP contribution >= 0.6 is 0 Å². The zero-order chi connectivity index (χ0) is 19.3. The molecule has 136 valence electrons. The minimum atomic E-state index is -0.120. The lowest BCUT2D eigenvalue weighted by Crippen LogP contribution is -2.21. The summed E-state index contributed by atoms with van der Waals surface area (Å²) >= 11 is 0. The van der Waals surface area contributed by atoms with Gasteiger partial charge in [0.15, 0.2) is 5.78 Å². The molecule has 1 amide bonds. The number of allylic oxidation sites excluding steroid dienone is 1. The van der Waals surface area contributed by atoms with Gasteiger partial charge in [0, 0.05) is 30.8 Å². The van der Waals surface area contributed by atoms with Crippen molar-refractivity contribution < 1.29 is 14.3 Å². The first-order valence-electron chi connectivity index (χ1n) is 8.55. The number of carbonyl (C=O) groups is 2. The van der Waals surface area contributed by atoms with E-state index < -0.39 is 0 Å². The number of methoxy groups -OCH3 is 1. The largest absolute Gasteiger partial charge is 0.496 e. The fourth-order valence-corrected chi connectivity index (χ4v) is 2.54. The lowest BCUT2D eigenvalue weighted by molar-refractivity contribution is 0.0827. The molecule has 0 N–H and O–H groups in total. The van der Waals surface area contributed by atoms with Crippen molar-refractivity contribution in [3.63, 3.8) is 0 Å². The fourth-order valence-electron chi connectivity index (χ4n) is 2.54. The maximum absolute atomic E-state index is 12.4. The summed E-state index contributed by atoms with van der Waals surface area (Å²) in [6, 6.07) is 12.7. The van der Waals surface area contributed by atoms with Crippen LogP contribution in [0.2, 0.25) is 0 Å².